The van der Waals surface area contributed by atoms with Gasteiger partial charge >= 0.3 is 0 Å². The predicted molar refractivity (Wildman–Crippen MR) is 54.9 cm³/mol. The molecule has 0 aromatic carbocycles. The van der Waals surface area contributed by atoms with E-state index in [4.69, 9.17) is 28.3 Å². The van der Waals surface area contributed by atoms with E-state index in [1.807, 2.05) is 6.92 Å². The summed E-state index contributed by atoms with van der Waals surface area (Å²) >= 11 is 9.53. The van der Waals surface area contributed by atoms with E-state index in [1.165, 1.54) is 0 Å². The standard InChI is InChI=1S/C5H10O.C2H6O.CH2Cl2/c1-3-4-5(2)6;1-2-3;2-1-3/h3-4H2,1-2H3;3H,2H2,1H3;1H2. The lowest BCUT2D eigenvalue weighted by Gasteiger charge is -1.80. The number of carbonyl (C=O) groups excluding carboxylic acids is 1. The van der Waals surface area contributed by atoms with E-state index in [-0.39, 0.29) is 17.7 Å². The van der Waals surface area contributed by atoms with Gasteiger partial charge in [0, 0.05) is 13.0 Å². The van der Waals surface area contributed by atoms with Gasteiger partial charge in [0.1, 0.15) is 5.78 Å². The molecular formula is C8H18Cl2O2. The highest BCUT2D eigenvalue weighted by Crippen LogP contribution is 1.84. The highest BCUT2D eigenvalue weighted by Gasteiger charge is 1.83. The Bertz CT molecular complexity index is 75.5. The average Bonchev–Trinajstić information content (AvgIpc) is 1.89. The molecule has 0 amide bonds. The average molecular weight is 217 g/mol. The molecule has 0 aliphatic heterocycles. The summed E-state index contributed by atoms with van der Waals surface area (Å²) in [5, 5.41) is 7.76. The van der Waals surface area contributed by atoms with Gasteiger partial charge in [-0.3, -0.25) is 0 Å². The summed E-state index contributed by atoms with van der Waals surface area (Å²) in [5.74, 6) is 0.289. The summed E-state index contributed by atoms with van der Waals surface area (Å²) in [6.07, 6.45) is 1.72. The molecule has 12 heavy (non-hydrogen) atoms. The number of aliphatic hydroxyl groups excluding tert-OH is 1. The van der Waals surface area contributed by atoms with Gasteiger partial charge in [0.05, 0.1) is 5.34 Å². The third kappa shape index (κ3) is 84.0. The van der Waals surface area contributed by atoms with E-state index in [9.17, 15) is 4.79 Å². The third-order valence-corrected chi connectivity index (χ3v) is 0.602. The lowest BCUT2D eigenvalue weighted by atomic mass is 10.3. The predicted octanol–water partition coefficient (Wildman–Crippen LogP) is 2.80. The maximum Gasteiger partial charge on any atom is 0.129 e. The van der Waals surface area contributed by atoms with Crippen LogP contribution >= 0.6 is 23.2 Å². The normalized spacial score (nSPS) is 7.17. The first kappa shape index (κ1) is 18.1. The van der Waals surface area contributed by atoms with Crippen molar-refractivity contribution in [3.8, 4) is 0 Å². The molecule has 0 heterocycles. The molecule has 0 atom stereocenters. The molecule has 76 valence electrons. The smallest absolute Gasteiger partial charge is 0.129 e. The molecule has 0 saturated carbocycles. The Labute approximate surface area is 84.9 Å². The molecule has 0 aromatic rings. The van der Waals surface area contributed by atoms with E-state index in [0.29, 0.717) is 0 Å². The lowest BCUT2D eigenvalue weighted by molar-refractivity contribution is -0.117. The minimum Gasteiger partial charge on any atom is -0.397 e. The summed E-state index contributed by atoms with van der Waals surface area (Å²) in [5.41, 5.74) is 0. The van der Waals surface area contributed by atoms with Gasteiger partial charge in [-0.1, -0.05) is 6.92 Å². The Morgan fingerprint density at radius 2 is 1.58 bits per heavy atom. The SMILES string of the molecule is CCCC(C)=O.CCO.ClCCl. The molecule has 0 aromatic heterocycles. The molecule has 0 aliphatic carbocycles. The van der Waals surface area contributed by atoms with Gasteiger partial charge in [-0.05, 0) is 20.3 Å². The largest absolute Gasteiger partial charge is 0.397 e. The van der Waals surface area contributed by atoms with Crippen molar-refractivity contribution in [2.75, 3.05) is 11.9 Å². The van der Waals surface area contributed by atoms with Gasteiger partial charge in [-0.25, -0.2) is 0 Å². The van der Waals surface area contributed by atoms with Crippen molar-refractivity contribution in [3.05, 3.63) is 0 Å². The summed E-state index contributed by atoms with van der Waals surface area (Å²) in [6.45, 7) is 5.55. The van der Waals surface area contributed by atoms with Gasteiger partial charge in [0.2, 0.25) is 0 Å². The molecule has 1 N–H and O–H groups in total. The number of Topliss-reactive ketones (excluding diaryl/α,β-unsaturated/α-hetero) is 1. The maximum absolute atomic E-state index is 10.0. The molecule has 0 bridgehead atoms. The molecule has 0 radical (unpaired) electrons. The number of ketones is 1. The molecule has 2 nitrogen and oxygen atoms in total. The van der Waals surface area contributed by atoms with Crippen LogP contribution in [0.25, 0.3) is 0 Å². The van der Waals surface area contributed by atoms with Crippen molar-refractivity contribution >= 4 is 29.0 Å². The summed E-state index contributed by atoms with van der Waals surface area (Å²) in [6, 6.07) is 0. The zero-order chi connectivity index (χ0) is 10.4. The number of hydrogen-bond donors (Lipinski definition) is 1. The molecule has 0 spiro atoms. The third-order valence-electron chi connectivity index (χ3n) is 0.602. The van der Waals surface area contributed by atoms with Gasteiger partial charge < -0.3 is 9.90 Å². The highest BCUT2D eigenvalue weighted by atomic mass is 35.5. The summed E-state index contributed by atoms with van der Waals surface area (Å²) < 4.78 is 0. The van der Waals surface area contributed by atoms with Crippen LogP contribution in [-0.4, -0.2) is 22.8 Å². The van der Waals surface area contributed by atoms with Crippen molar-refractivity contribution in [1.29, 1.82) is 0 Å². The minimum atomic E-state index is 0.194. The zero-order valence-electron chi connectivity index (χ0n) is 7.94. The molecule has 0 rings (SSSR count). The van der Waals surface area contributed by atoms with E-state index in [1.54, 1.807) is 13.8 Å². The van der Waals surface area contributed by atoms with Crippen molar-refractivity contribution < 1.29 is 9.90 Å². The number of rotatable bonds is 2. The highest BCUT2D eigenvalue weighted by molar-refractivity contribution is 6.40. The number of aliphatic hydroxyl groups is 1. The molecular weight excluding hydrogens is 199 g/mol. The van der Waals surface area contributed by atoms with Crippen LogP contribution in [0, 0.1) is 0 Å². The zero-order valence-corrected chi connectivity index (χ0v) is 9.45. The van der Waals surface area contributed by atoms with Gasteiger partial charge in [0.15, 0.2) is 0 Å². The molecule has 0 unspecified atom stereocenters. The van der Waals surface area contributed by atoms with E-state index in [2.05, 4.69) is 0 Å². The topological polar surface area (TPSA) is 37.3 Å². The maximum atomic E-state index is 10.0. The van der Waals surface area contributed by atoms with Crippen LogP contribution in [0.2, 0.25) is 0 Å². The fourth-order valence-corrected chi connectivity index (χ4v) is 0.352. The molecule has 0 fully saturated rings. The second-order valence-electron chi connectivity index (χ2n) is 1.87. The van der Waals surface area contributed by atoms with Crippen LogP contribution in [0.5, 0.6) is 0 Å². The number of alkyl halides is 2. The van der Waals surface area contributed by atoms with Crippen molar-refractivity contribution in [3.63, 3.8) is 0 Å². The van der Waals surface area contributed by atoms with E-state index < -0.39 is 0 Å². The van der Waals surface area contributed by atoms with Gasteiger partial charge in [0.25, 0.3) is 0 Å². The fourth-order valence-electron chi connectivity index (χ4n) is 0.352. The summed E-state index contributed by atoms with van der Waals surface area (Å²) in [4.78, 5) is 10.0. The Kier molecular flexibility index (Phi) is 33.9. The van der Waals surface area contributed by atoms with Crippen molar-refractivity contribution in [1.82, 2.24) is 0 Å². The first-order valence-electron chi connectivity index (χ1n) is 3.82. The lowest BCUT2D eigenvalue weighted by Crippen LogP contribution is -1.84. The Morgan fingerprint density at radius 1 is 1.33 bits per heavy atom. The second kappa shape index (κ2) is 22.5. The van der Waals surface area contributed by atoms with E-state index >= 15 is 0 Å². The van der Waals surface area contributed by atoms with Crippen LogP contribution in [0.4, 0.5) is 0 Å². The number of halogens is 2. The van der Waals surface area contributed by atoms with Crippen LogP contribution in [0.15, 0.2) is 0 Å². The van der Waals surface area contributed by atoms with Crippen LogP contribution in [0.1, 0.15) is 33.6 Å². The van der Waals surface area contributed by atoms with Crippen LogP contribution in [0.3, 0.4) is 0 Å². The monoisotopic (exact) mass is 216 g/mol. The first-order valence-corrected chi connectivity index (χ1v) is 4.89. The Balaban J connectivity index is -0.000000115. The van der Waals surface area contributed by atoms with Crippen molar-refractivity contribution in [2.24, 2.45) is 0 Å². The quantitative estimate of drug-likeness (QED) is 0.722. The van der Waals surface area contributed by atoms with Gasteiger partial charge in [-0.15, -0.1) is 23.2 Å². The Hall–Kier alpha value is 0.210. The Morgan fingerprint density at radius 3 is 1.58 bits per heavy atom. The van der Waals surface area contributed by atoms with Crippen LogP contribution < -0.4 is 0 Å². The second-order valence-corrected chi connectivity index (χ2v) is 2.68. The van der Waals surface area contributed by atoms with E-state index in [0.717, 1.165) is 12.8 Å². The fraction of sp³-hybridized carbons (Fsp3) is 0.875. The number of carbonyl (C=O) groups is 1. The number of hydrogen-bond acceptors (Lipinski definition) is 2. The molecule has 0 saturated heterocycles. The van der Waals surface area contributed by atoms with Gasteiger partial charge in [-0.2, -0.15) is 0 Å². The molecule has 0 aliphatic rings. The van der Waals surface area contributed by atoms with Crippen LogP contribution in [-0.2, 0) is 4.79 Å². The minimum absolute atomic E-state index is 0.194. The van der Waals surface area contributed by atoms with Crippen molar-refractivity contribution in [2.45, 2.75) is 33.6 Å². The molecule has 4 heteroatoms. The first-order chi connectivity index (χ1) is 5.60. The summed E-state index contributed by atoms with van der Waals surface area (Å²) in [7, 11) is 0.